The Morgan fingerprint density at radius 2 is 1.82 bits per heavy atom. The zero-order valence-electron chi connectivity index (χ0n) is 20.5. The standard InChI is InChI=1S/C26H31Cl2N3O3/c1-24(2,3)34-23(33)31-13-12-26(15-31,18-8-7-9-19(27)21(18)28)29-16-10-11-17-20(14-16)30(6)22(32)25(17,4)5/h7-11,14,29H,12-13,15H2,1-6H3. The van der Waals surface area contributed by atoms with Crippen LogP contribution in [0.5, 0.6) is 0 Å². The van der Waals surface area contributed by atoms with E-state index in [1.54, 1.807) is 22.9 Å². The number of nitrogens with zero attached hydrogens (tertiary/aromatic N) is 2. The van der Waals surface area contributed by atoms with Crippen LogP contribution in [-0.2, 0) is 20.5 Å². The summed E-state index contributed by atoms with van der Waals surface area (Å²) in [4.78, 5) is 29.0. The van der Waals surface area contributed by atoms with Crippen LogP contribution in [-0.4, -0.2) is 42.6 Å². The summed E-state index contributed by atoms with van der Waals surface area (Å²) >= 11 is 13.1. The van der Waals surface area contributed by atoms with E-state index in [4.69, 9.17) is 27.9 Å². The van der Waals surface area contributed by atoms with Crippen LogP contribution in [0.1, 0.15) is 52.2 Å². The Bertz CT molecular complexity index is 1160. The number of likely N-dealkylation sites (tertiary alicyclic amines) is 1. The van der Waals surface area contributed by atoms with Crippen molar-refractivity contribution < 1.29 is 14.3 Å². The lowest BCUT2D eigenvalue weighted by molar-refractivity contribution is -0.121. The van der Waals surface area contributed by atoms with E-state index in [0.717, 1.165) is 22.5 Å². The molecular weight excluding hydrogens is 473 g/mol. The normalized spacial score (nSPS) is 21.6. The van der Waals surface area contributed by atoms with Gasteiger partial charge in [0.05, 0.1) is 27.5 Å². The SMILES string of the molecule is CN1C(=O)C(C)(C)c2ccc(NC3(c4cccc(Cl)c4Cl)CCN(C(=O)OC(C)(C)C)C3)cc21. The number of hydrogen-bond acceptors (Lipinski definition) is 4. The van der Waals surface area contributed by atoms with Crippen molar-refractivity contribution in [3.05, 3.63) is 57.6 Å². The fourth-order valence-electron chi connectivity index (χ4n) is 4.89. The van der Waals surface area contributed by atoms with E-state index in [9.17, 15) is 9.59 Å². The van der Waals surface area contributed by atoms with Gasteiger partial charge < -0.3 is 19.9 Å². The highest BCUT2D eigenvalue weighted by Gasteiger charge is 2.45. The Morgan fingerprint density at radius 1 is 1.12 bits per heavy atom. The summed E-state index contributed by atoms with van der Waals surface area (Å²) in [5.41, 5.74) is 1.67. The maximum absolute atomic E-state index is 12.9. The minimum Gasteiger partial charge on any atom is -0.444 e. The van der Waals surface area contributed by atoms with Gasteiger partial charge in [0.15, 0.2) is 0 Å². The molecule has 182 valence electrons. The van der Waals surface area contributed by atoms with Crippen LogP contribution in [0, 0.1) is 0 Å². The van der Waals surface area contributed by atoms with Gasteiger partial charge in [0.25, 0.3) is 0 Å². The highest BCUT2D eigenvalue weighted by Crippen LogP contribution is 2.45. The highest BCUT2D eigenvalue weighted by molar-refractivity contribution is 6.42. The van der Waals surface area contributed by atoms with Gasteiger partial charge in [-0.3, -0.25) is 4.79 Å². The summed E-state index contributed by atoms with van der Waals surface area (Å²) in [7, 11) is 1.79. The molecule has 0 bridgehead atoms. The van der Waals surface area contributed by atoms with E-state index < -0.39 is 16.6 Å². The predicted octanol–water partition coefficient (Wildman–Crippen LogP) is 6.20. The number of carbonyl (C=O) groups is 2. The summed E-state index contributed by atoms with van der Waals surface area (Å²) in [6.45, 7) is 10.3. The zero-order valence-corrected chi connectivity index (χ0v) is 22.0. The molecule has 1 fully saturated rings. The van der Waals surface area contributed by atoms with E-state index in [-0.39, 0.29) is 12.0 Å². The van der Waals surface area contributed by atoms with E-state index in [0.29, 0.717) is 29.6 Å². The molecule has 1 unspecified atom stereocenters. The molecule has 4 rings (SSSR count). The molecule has 2 aliphatic rings. The van der Waals surface area contributed by atoms with Crippen molar-refractivity contribution in [2.75, 3.05) is 30.4 Å². The lowest BCUT2D eigenvalue weighted by atomic mass is 9.85. The number of amides is 2. The van der Waals surface area contributed by atoms with E-state index in [1.165, 1.54) is 0 Å². The van der Waals surface area contributed by atoms with Gasteiger partial charge in [0, 0.05) is 25.0 Å². The van der Waals surface area contributed by atoms with Crippen LogP contribution in [0.4, 0.5) is 16.2 Å². The van der Waals surface area contributed by atoms with E-state index >= 15 is 0 Å². The molecule has 2 heterocycles. The van der Waals surface area contributed by atoms with Gasteiger partial charge in [-0.15, -0.1) is 0 Å². The van der Waals surface area contributed by atoms with Crippen molar-refractivity contribution in [2.24, 2.45) is 0 Å². The van der Waals surface area contributed by atoms with Crippen molar-refractivity contribution in [1.82, 2.24) is 4.90 Å². The molecule has 0 radical (unpaired) electrons. The number of benzene rings is 2. The fraction of sp³-hybridized carbons (Fsp3) is 0.462. The number of ether oxygens (including phenoxy) is 1. The second kappa shape index (κ2) is 8.35. The quantitative estimate of drug-likeness (QED) is 0.541. The van der Waals surface area contributed by atoms with Gasteiger partial charge in [0.2, 0.25) is 5.91 Å². The summed E-state index contributed by atoms with van der Waals surface area (Å²) in [5.74, 6) is 0.0595. The molecule has 0 aliphatic carbocycles. The average Bonchev–Trinajstić information content (AvgIpc) is 3.24. The molecule has 0 aromatic heterocycles. The van der Waals surface area contributed by atoms with E-state index in [2.05, 4.69) is 5.32 Å². The van der Waals surface area contributed by atoms with Gasteiger partial charge in [-0.2, -0.15) is 0 Å². The van der Waals surface area contributed by atoms with Crippen molar-refractivity contribution in [1.29, 1.82) is 0 Å². The first kappa shape index (κ1) is 24.7. The van der Waals surface area contributed by atoms with Gasteiger partial charge in [-0.25, -0.2) is 4.79 Å². The van der Waals surface area contributed by atoms with Crippen LogP contribution in [0.25, 0.3) is 0 Å². The number of nitrogens with one attached hydrogen (secondary N) is 1. The molecule has 0 saturated carbocycles. The molecule has 34 heavy (non-hydrogen) atoms. The smallest absolute Gasteiger partial charge is 0.410 e. The number of fused-ring (bicyclic) bond motifs is 1. The lowest BCUT2D eigenvalue weighted by Gasteiger charge is -2.34. The first-order valence-corrected chi connectivity index (χ1v) is 12.1. The molecule has 6 nitrogen and oxygen atoms in total. The number of halogens is 2. The highest BCUT2D eigenvalue weighted by atomic mass is 35.5. The van der Waals surface area contributed by atoms with E-state index in [1.807, 2.05) is 65.0 Å². The number of rotatable bonds is 3. The zero-order chi connectivity index (χ0) is 25.1. The maximum atomic E-state index is 12.9. The maximum Gasteiger partial charge on any atom is 0.410 e. The molecule has 2 aromatic rings. The Morgan fingerprint density at radius 3 is 2.50 bits per heavy atom. The minimum atomic E-state index is -0.677. The van der Waals surface area contributed by atoms with Gasteiger partial charge in [-0.05, 0) is 70.4 Å². The molecule has 2 aliphatic heterocycles. The first-order valence-electron chi connectivity index (χ1n) is 11.4. The van der Waals surface area contributed by atoms with Crippen LogP contribution in [0.3, 0.4) is 0 Å². The molecule has 0 spiro atoms. The topological polar surface area (TPSA) is 61.9 Å². The second-order valence-electron chi connectivity index (χ2n) is 10.7. The van der Waals surface area contributed by atoms with Crippen LogP contribution in [0.2, 0.25) is 10.0 Å². The molecule has 1 N–H and O–H groups in total. The monoisotopic (exact) mass is 503 g/mol. The minimum absolute atomic E-state index is 0.0595. The number of likely N-dealkylation sites (N-methyl/N-ethyl adjacent to an activating group) is 1. The largest absolute Gasteiger partial charge is 0.444 e. The first-order chi connectivity index (χ1) is 15.7. The fourth-order valence-corrected chi connectivity index (χ4v) is 5.37. The van der Waals surface area contributed by atoms with Crippen LogP contribution >= 0.6 is 23.2 Å². The molecule has 1 saturated heterocycles. The lowest BCUT2D eigenvalue weighted by Crippen LogP contribution is -2.42. The van der Waals surface area contributed by atoms with Crippen molar-refractivity contribution in [3.8, 4) is 0 Å². The Labute approximate surface area is 211 Å². The van der Waals surface area contributed by atoms with Gasteiger partial charge >= 0.3 is 6.09 Å². The molecule has 8 heteroatoms. The Balaban J connectivity index is 1.72. The third-order valence-corrected chi connectivity index (χ3v) is 7.46. The number of carbonyl (C=O) groups excluding carboxylic acids is 2. The molecule has 2 amide bonds. The average molecular weight is 504 g/mol. The molecule has 2 aromatic carbocycles. The van der Waals surface area contributed by atoms with Crippen LogP contribution < -0.4 is 10.2 Å². The van der Waals surface area contributed by atoms with Gasteiger partial charge in [-0.1, -0.05) is 41.4 Å². The summed E-state index contributed by atoms with van der Waals surface area (Å²) < 4.78 is 5.62. The molecule has 1 atom stereocenters. The third-order valence-electron chi connectivity index (χ3n) is 6.64. The van der Waals surface area contributed by atoms with Crippen molar-refractivity contribution in [2.45, 2.75) is 57.6 Å². The van der Waals surface area contributed by atoms with Crippen LogP contribution in [0.15, 0.2) is 36.4 Å². The third kappa shape index (κ3) is 4.22. The summed E-state index contributed by atoms with van der Waals surface area (Å²) in [5, 5.41) is 4.56. The van der Waals surface area contributed by atoms with Gasteiger partial charge in [0.1, 0.15) is 5.60 Å². The predicted molar refractivity (Wildman–Crippen MR) is 137 cm³/mol. The Hall–Kier alpha value is -2.44. The van der Waals surface area contributed by atoms with Crippen molar-refractivity contribution >= 4 is 46.6 Å². The molecular formula is C26H31Cl2N3O3. The number of hydrogen-bond donors (Lipinski definition) is 1. The number of anilines is 2. The summed E-state index contributed by atoms with van der Waals surface area (Å²) in [6.07, 6.45) is 0.249. The van der Waals surface area contributed by atoms with Crippen molar-refractivity contribution in [3.63, 3.8) is 0 Å². The second-order valence-corrected chi connectivity index (χ2v) is 11.5. The summed E-state index contributed by atoms with van der Waals surface area (Å²) in [6, 6.07) is 11.5. The Kier molecular flexibility index (Phi) is 6.06.